The fourth-order valence-corrected chi connectivity index (χ4v) is 6.89. The van der Waals surface area contributed by atoms with Crippen LogP contribution in [0.25, 0.3) is 0 Å². The minimum absolute atomic E-state index is 0.337. The smallest absolute Gasteiger partial charge is 0.0613 e. The summed E-state index contributed by atoms with van der Waals surface area (Å²) in [7, 11) is 0. The van der Waals surface area contributed by atoms with E-state index in [0.29, 0.717) is 29.5 Å². The molecule has 3 aliphatic rings. The van der Waals surface area contributed by atoms with Crippen molar-refractivity contribution in [2.45, 2.75) is 92.1 Å². The van der Waals surface area contributed by atoms with E-state index in [1.807, 2.05) is 0 Å². The molecule has 1 N–H and O–H groups in total. The molecule has 0 aliphatic heterocycles. The molecule has 0 amide bonds. The zero-order chi connectivity index (χ0) is 21.8. The summed E-state index contributed by atoms with van der Waals surface area (Å²) in [5.41, 5.74) is 2.47. The van der Waals surface area contributed by atoms with E-state index < -0.39 is 0 Å². The van der Waals surface area contributed by atoms with Gasteiger partial charge in [-0.25, -0.2) is 0 Å². The van der Waals surface area contributed by atoms with Crippen molar-refractivity contribution in [3.8, 4) is 0 Å². The number of fused-ring (bicyclic) bond motifs is 3. The maximum absolute atomic E-state index is 9.45. The lowest BCUT2D eigenvalue weighted by Gasteiger charge is -2.58. The molecule has 2 fully saturated rings. The zero-order valence-corrected chi connectivity index (χ0v) is 20.2. The maximum Gasteiger partial charge on any atom is 0.0613 e. The monoisotopic (exact) mass is 414 g/mol. The van der Waals surface area contributed by atoms with Crippen molar-refractivity contribution in [3.05, 3.63) is 36.0 Å². The van der Waals surface area contributed by atoms with Crippen LogP contribution in [0.1, 0.15) is 86.0 Å². The summed E-state index contributed by atoms with van der Waals surface area (Å²) >= 11 is 0. The van der Waals surface area contributed by atoms with Gasteiger partial charge >= 0.3 is 0 Å². The molecule has 30 heavy (non-hydrogen) atoms. The van der Waals surface area contributed by atoms with Gasteiger partial charge in [-0.15, -0.1) is 0 Å². The Morgan fingerprint density at radius 1 is 1.20 bits per heavy atom. The molecule has 0 bridgehead atoms. The van der Waals surface area contributed by atoms with Crippen LogP contribution < -0.4 is 0 Å². The maximum atomic E-state index is 9.45. The van der Waals surface area contributed by atoms with Crippen LogP contribution in [0.5, 0.6) is 0 Å². The Morgan fingerprint density at radius 2 is 2.00 bits per heavy atom. The molecule has 6 atom stereocenters. The quantitative estimate of drug-likeness (QED) is 0.339. The zero-order valence-electron chi connectivity index (χ0n) is 20.2. The minimum Gasteiger partial charge on any atom is -0.396 e. The van der Waals surface area contributed by atoms with Gasteiger partial charge < -0.3 is 9.84 Å². The topological polar surface area (TPSA) is 29.5 Å². The number of hydrogen-bond donors (Lipinski definition) is 1. The molecule has 0 aromatic heterocycles. The van der Waals surface area contributed by atoms with Crippen molar-refractivity contribution in [2.75, 3.05) is 13.2 Å². The van der Waals surface area contributed by atoms with Gasteiger partial charge in [-0.05, 0) is 92.8 Å². The van der Waals surface area contributed by atoms with Gasteiger partial charge in [-0.1, -0.05) is 63.6 Å². The van der Waals surface area contributed by atoms with Crippen LogP contribution in [0, 0.1) is 34.5 Å². The number of allylic oxidation sites excluding steroid dienone is 4. The van der Waals surface area contributed by atoms with Gasteiger partial charge in [0.05, 0.1) is 12.7 Å². The molecule has 170 valence electrons. The van der Waals surface area contributed by atoms with E-state index in [4.69, 9.17) is 4.74 Å². The van der Waals surface area contributed by atoms with Crippen molar-refractivity contribution in [1.82, 2.24) is 0 Å². The SMILES string of the molecule is C/C=C\C=C/C(C)COC1CCC2(C)C(=CCC3C(CCCO)C(C)(C)CCC32)C1. The largest absolute Gasteiger partial charge is 0.396 e. The highest BCUT2D eigenvalue weighted by atomic mass is 16.5. The molecule has 3 rings (SSSR count). The Hall–Kier alpha value is -0.860. The first kappa shape index (κ1) is 23.8. The van der Waals surface area contributed by atoms with Gasteiger partial charge in [0.15, 0.2) is 0 Å². The fourth-order valence-electron chi connectivity index (χ4n) is 6.89. The van der Waals surface area contributed by atoms with Crippen LogP contribution in [0.2, 0.25) is 0 Å². The second-order valence-corrected chi connectivity index (χ2v) is 11.2. The van der Waals surface area contributed by atoms with E-state index in [0.717, 1.165) is 37.2 Å². The first-order chi connectivity index (χ1) is 14.3. The average Bonchev–Trinajstić information content (AvgIpc) is 2.71. The van der Waals surface area contributed by atoms with Gasteiger partial charge in [-0.3, -0.25) is 0 Å². The van der Waals surface area contributed by atoms with Gasteiger partial charge in [0, 0.05) is 6.61 Å². The highest BCUT2D eigenvalue weighted by molar-refractivity contribution is 5.24. The van der Waals surface area contributed by atoms with E-state index >= 15 is 0 Å². The summed E-state index contributed by atoms with van der Waals surface area (Å²) in [5.74, 6) is 2.82. The molecule has 0 radical (unpaired) electrons. The third-order valence-electron chi connectivity index (χ3n) is 8.77. The average molecular weight is 415 g/mol. The Balaban J connectivity index is 1.65. The van der Waals surface area contributed by atoms with Crippen molar-refractivity contribution in [1.29, 1.82) is 0 Å². The molecule has 0 aromatic rings. The van der Waals surface area contributed by atoms with Crippen LogP contribution in [-0.2, 0) is 4.74 Å². The van der Waals surface area contributed by atoms with Crippen LogP contribution in [0.15, 0.2) is 36.0 Å². The first-order valence-corrected chi connectivity index (χ1v) is 12.5. The van der Waals surface area contributed by atoms with E-state index in [1.165, 1.54) is 38.5 Å². The van der Waals surface area contributed by atoms with E-state index in [-0.39, 0.29) is 0 Å². The molecule has 0 saturated heterocycles. The van der Waals surface area contributed by atoms with E-state index in [9.17, 15) is 5.11 Å². The minimum atomic E-state index is 0.337. The summed E-state index contributed by atoms with van der Waals surface area (Å²) in [6.45, 7) is 13.0. The summed E-state index contributed by atoms with van der Waals surface area (Å²) in [5, 5.41) is 9.45. The summed E-state index contributed by atoms with van der Waals surface area (Å²) in [4.78, 5) is 0. The normalized spacial score (nSPS) is 37.1. The van der Waals surface area contributed by atoms with Crippen molar-refractivity contribution in [2.24, 2.45) is 34.5 Å². The van der Waals surface area contributed by atoms with Crippen molar-refractivity contribution in [3.63, 3.8) is 0 Å². The number of aliphatic hydroxyl groups is 1. The highest BCUT2D eigenvalue weighted by Crippen LogP contribution is 2.62. The van der Waals surface area contributed by atoms with Gasteiger partial charge in [0.2, 0.25) is 0 Å². The number of hydrogen-bond acceptors (Lipinski definition) is 2. The fraction of sp³-hybridized carbons (Fsp3) is 0.786. The van der Waals surface area contributed by atoms with Gasteiger partial charge in [0.25, 0.3) is 0 Å². The number of rotatable bonds is 8. The van der Waals surface area contributed by atoms with Crippen molar-refractivity contribution >= 4 is 0 Å². The molecule has 2 nitrogen and oxygen atoms in total. The van der Waals surface area contributed by atoms with E-state index in [2.05, 4.69) is 65.0 Å². The third kappa shape index (κ3) is 5.13. The molecule has 3 aliphatic carbocycles. The highest BCUT2D eigenvalue weighted by Gasteiger charge is 2.53. The Bertz CT molecular complexity index is 643. The molecule has 0 spiro atoms. The Kier molecular flexibility index (Phi) is 8.07. The molecule has 2 saturated carbocycles. The molecule has 0 aromatic carbocycles. The standard InChI is InChI=1S/C28H46O2/c1-6-7-8-10-21(2)20-30-23-14-17-28(5)22(19-23)12-13-24-25(11-9-18-29)27(3,4)16-15-26(24)28/h6-8,10,12,21,23-26,29H,9,11,13-20H2,1-5H3/b7-6-,10-8-. The lowest BCUT2D eigenvalue weighted by molar-refractivity contribution is -0.0580. The molecule has 0 heterocycles. The number of ether oxygens (including phenoxy) is 1. The lowest BCUT2D eigenvalue weighted by atomic mass is 9.47. The second kappa shape index (κ2) is 10.2. The first-order valence-electron chi connectivity index (χ1n) is 12.5. The third-order valence-corrected chi connectivity index (χ3v) is 8.77. The van der Waals surface area contributed by atoms with Gasteiger partial charge in [-0.2, -0.15) is 0 Å². The van der Waals surface area contributed by atoms with Crippen LogP contribution in [-0.4, -0.2) is 24.4 Å². The summed E-state index contributed by atoms with van der Waals surface area (Å²) in [6, 6.07) is 0. The predicted octanol–water partition coefficient (Wildman–Crippen LogP) is 7.10. The Labute approximate surface area is 185 Å². The summed E-state index contributed by atoms with van der Waals surface area (Å²) < 4.78 is 6.37. The van der Waals surface area contributed by atoms with E-state index in [1.54, 1.807) is 5.57 Å². The Morgan fingerprint density at radius 3 is 2.73 bits per heavy atom. The van der Waals surface area contributed by atoms with Crippen LogP contribution in [0.3, 0.4) is 0 Å². The van der Waals surface area contributed by atoms with Crippen LogP contribution in [0.4, 0.5) is 0 Å². The lowest BCUT2D eigenvalue weighted by Crippen LogP contribution is -2.50. The molecule has 2 heteroatoms. The summed E-state index contributed by atoms with van der Waals surface area (Å²) in [6.07, 6.45) is 21.2. The second-order valence-electron chi connectivity index (χ2n) is 11.2. The molecular formula is C28H46O2. The molecular weight excluding hydrogens is 368 g/mol. The van der Waals surface area contributed by atoms with Gasteiger partial charge in [0.1, 0.15) is 0 Å². The number of aliphatic hydroxyl groups excluding tert-OH is 1. The van der Waals surface area contributed by atoms with Crippen molar-refractivity contribution < 1.29 is 9.84 Å². The van der Waals surface area contributed by atoms with Crippen LogP contribution >= 0.6 is 0 Å². The predicted molar refractivity (Wildman–Crippen MR) is 127 cm³/mol. The molecule has 6 unspecified atom stereocenters.